The minimum Gasteiger partial charge on any atom is -0.459 e. The first-order chi connectivity index (χ1) is 9.95. The molecule has 2 rings (SSSR count). The van der Waals surface area contributed by atoms with Crippen LogP contribution in [0, 0.1) is 0 Å². The number of hydrogen-bond acceptors (Lipinski definition) is 4. The predicted octanol–water partition coefficient (Wildman–Crippen LogP) is 3.75. The fourth-order valence-corrected chi connectivity index (χ4v) is 1.75. The van der Waals surface area contributed by atoms with Crippen molar-refractivity contribution in [1.29, 1.82) is 0 Å². The molecule has 0 atom stereocenters. The van der Waals surface area contributed by atoms with E-state index in [4.69, 9.17) is 20.8 Å². The molecule has 0 bridgehead atoms. The van der Waals surface area contributed by atoms with Crippen LogP contribution in [0.2, 0.25) is 5.22 Å². The fourth-order valence-electron chi connectivity index (χ4n) is 1.60. The van der Waals surface area contributed by atoms with E-state index in [-0.39, 0.29) is 17.1 Å². The topological polar surface area (TPSA) is 68.5 Å². The number of rotatable bonds is 4. The number of carbonyl (C=O) groups is 2. The van der Waals surface area contributed by atoms with Gasteiger partial charge in [-0.1, -0.05) is 0 Å². The number of benzene rings is 1. The Labute approximate surface area is 126 Å². The summed E-state index contributed by atoms with van der Waals surface area (Å²) >= 11 is 5.61. The largest absolute Gasteiger partial charge is 0.459 e. The minimum absolute atomic E-state index is 0.114. The smallest absolute Gasteiger partial charge is 0.338 e. The van der Waals surface area contributed by atoms with Gasteiger partial charge in [0, 0.05) is 5.69 Å². The summed E-state index contributed by atoms with van der Waals surface area (Å²) in [6, 6.07) is 9.34. The van der Waals surface area contributed by atoms with Gasteiger partial charge in [0.25, 0.3) is 5.91 Å². The van der Waals surface area contributed by atoms with Crippen LogP contribution in [0.3, 0.4) is 0 Å². The molecule has 2 aromatic rings. The maximum atomic E-state index is 11.8. The summed E-state index contributed by atoms with van der Waals surface area (Å²) < 4.78 is 10.1. The molecule has 6 heteroatoms. The molecule has 0 aliphatic carbocycles. The Morgan fingerprint density at radius 3 is 2.33 bits per heavy atom. The van der Waals surface area contributed by atoms with Gasteiger partial charge in [-0.2, -0.15) is 0 Å². The molecule has 0 spiro atoms. The standard InChI is InChI=1S/C15H14ClNO4/c1-9(2)20-15(19)10-3-5-11(6-4-10)17-14(18)12-7-8-13(16)21-12/h3-9H,1-2H3,(H,17,18). The van der Waals surface area contributed by atoms with Gasteiger partial charge in [-0.05, 0) is 61.8 Å². The molecule has 0 saturated carbocycles. The zero-order valence-corrected chi connectivity index (χ0v) is 12.3. The van der Waals surface area contributed by atoms with Gasteiger partial charge in [-0.3, -0.25) is 4.79 Å². The number of esters is 1. The SMILES string of the molecule is CC(C)OC(=O)c1ccc(NC(=O)c2ccc(Cl)o2)cc1. The van der Waals surface area contributed by atoms with E-state index < -0.39 is 11.9 Å². The molecule has 21 heavy (non-hydrogen) atoms. The van der Waals surface area contributed by atoms with E-state index in [0.717, 1.165) is 0 Å². The molecule has 110 valence electrons. The van der Waals surface area contributed by atoms with E-state index in [0.29, 0.717) is 11.3 Å². The third kappa shape index (κ3) is 4.10. The van der Waals surface area contributed by atoms with E-state index in [1.54, 1.807) is 38.1 Å². The fraction of sp³-hybridized carbons (Fsp3) is 0.200. The molecule has 1 N–H and O–H groups in total. The van der Waals surface area contributed by atoms with Crippen LogP contribution >= 0.6 is 11.6 Å². The van der Waals surface area contributed by atoms with Gasteiger partial charge >= 0.3 is 5.97 Å². The predicted molar refractivity (Wildman–Crippen MR) is 78.7 cm³/mol. The van der Waals surface area contributed by atoms with Crippen LogP contribution < -0.4 is 5.32 Å². The second-order valence-electron chi connectivity index (χ2n) is 4.59. The highest BCUT2D eigenvalue weighted by molar-refractivity contribution is 6.29. The number of hydrogen-bond donors (Lipinski definition) is 1. The molecule has 0 aliphatic heterocycles. The molecule has 5 nitrogen and oxygen atoms in total. The summed E-state index contributed by atoms with van der Waals surface area (Å²) in [6.45, 7) is 3.56. The molecule has 0 radical (unpaired) electrons. The van der Waals surface area contributed by atoms with E-state index in [9.17, 15) is 9.59 Å². The van der Waals surface area contributed by atoms with Crippen molar-refractivity contribution in [3.8, 4) is 0 Å². The highest BCUT2D eigenvalue weighted by Crippen LogP contribution is 2.16. The van der Waals surface area contributed by atoms with Crippen molar-refractivity contribution in [3.63, 3.8) is 0 Å². The van der Waals surface area contributed by atoms with Crippen LogP contribution in [0.1, 0.15) is 34.8 Å². The number of anilines is 1. The normalized spacial score (nSPS) is 10.5. The van der Waals surface area contributed by atoms with Crippen LogP contribution in [0.5, 0.6) is 0 Å². The van der Waals surface area contributed by atoms with E-state index >= 15 is 0 Å². The summed E-state index contributed by atoms with van der Waals surface area (Å²) in [5, 5.41) is 2.78. The molecule has 0 unspecified atom stereocenters. The Kier molecular flexibility index (Phi) is 4.65. The van der Waals surface area contributed by atoms with E-state index in [1.165, 1.54) is 12.1 Å². The van der Waals surface area contributed by atoms with E-state index in [2.05, 4.69) is 5.32 Å². The van der Waals surface area contributed by atoms with Crippen LogP contribution in [-0.4, -0.2) is 18.0 Å². The maximum Gasteiger partial charge on any atom is 0.338 e. The number of halogens is 1. The molecule has 0 saturated heterocycles. The van der Waals surface area contributed by atoms with Crippen LogP contribution in [-0.2, 0) is 4.74 Å². The molecule has 0 aliphatic rings. The summed E-state index contributed by atoms with van der Waals surface area (Å²) in [6.07, 6.45) is -0.180. The van der Waals surface area contributed by atoms with Crippen LogP contribution in [0.25, 0.3) is 0 Å². The van der Waals surface area contributed by atoms with Crippen molar-refractivity contribution in [2.24, 2.45) is 0 Å². The Morgan fingerprint density at radius 1 is 1.14 bits per heavy atom. The average molecular weight is 308 g/mol. The first kappa shape index (κ1) is 15.1. The number of furan rings is 1. The maximum absolute atomic E-state index is 11.8. The quantitative estimate of drug-likeness (QED) is 0.873. The summed E-state index contributed by atoms with van der Waals surface area (Å²) in [4.78, 5) is 23.5. The number of nitrogens with one attached hydrogen (secondary N) is 1. The van der Waals surface area contributed by atoms with Gasteiger partial charge in [0.15, 0.2) is 11.0 Å². The van der Waals surface area contributed by atoms with Crippen molar-refractivity contribution in [1.82, 2.24) is 0 Å². The Bertz CT molecular complexity index is 646. The zero-order valence-electron chi connectivity index (χ0n) is 11.6. The zero-order chi connectivity index (χ0) is 15.4. The molecule has 1 amide bonds. The third-order valence-electron chi connectivity index (χ3n) is 2.52. The Balaban J connectivity index is 2.02. The summed E-state index contributed by atoms with van der Waals surface area (Å²) in [5.74, 6) is -0.705. The van der Waals surface area contributed by atoms with Crippen LogP contribution in [0.15, 0.2) is 40.8 Å². The molecular weight excluding hydrogens is 294 g/mol. The summed E-state index contributed by atoms with van der Waals surface area (Å²) in [5.41, 5.74) is 0.955. The molecule has 0 fully saturated rings. The Morgan fingerprint density at radius 2 is 1.81 bits per heavy atom. The van der Waals surface area contributed by atoms with E-state index in [1.807, 2.05) is 0 Å². The highest BCUT2D eigenvalue weighted by atomic mass is 35.5. The number of carbonyl (C=O) groups excluding carboxylic acids is 2. The first-order valence-electron chi connectivity index (χ1n) is 6.33. The van der Waals surface area contributed by atoms with Gasteiger partial charge in [-0.15, -0.1) is 0 Å². The Hall–Kier alpha value is -2.27. The molecular formula is C15H14ClNO4. The third-order valence-corrected chi connectivity index (χ3v) is 2.72. The van der Waals surface area contributed by atoms with Crippen molar-refractivity contribution in [2.45, 2.75) is 20.0 Å². The van der Waals surface area contributed by atoms with Crippen molar-refractivity contribution >= 4 is 29.2 Å². The minimum atomic E-state index is -0.417. The van der Waals surface area contributed by atoms with Crippen LogP contribution in [0.4, 0.5) is 5.69 Å². The highest BCUT2D eigenvalue weighted by Gasteiger charge is 2.12. The second-order valence-corrected chi connectivity index (χ2v) is 4.96. The lowest BCUT2D eigenvalue weighted by molar-refractivity contribution is 0.0378. The van der Waals surface area contributed by atoms with Gasteiger partial charge in [0.2, 0.25) is 0 Å². The van der Waals surface area contributed by atoms with Crippen molar-refractivity contribution in [3.05, 3.63) is 52.9 Å². The number of ether oxygens (including phenoxy) is 1. The van der Waals surface area contributed by atoms with Gasteiger partial charge in [0.05, 0.1) is 11.7 Å². The second kappa shape index (κ2) is 6.45. The summed E-state index contributed by atoms with van der Waals surface area (Å²) in [7, 11) is 0. The van der Waals surface area contributed by atoms with Crippen molar-refractivity contribution in [2.75, 3.05) is 5.32 Å². The molecule has 1 heterocycles. The van der Waals surface area contributed by atoms with Gasteiger partial charge in [0.1, 0.15) is 0 Å². The van der Waals surface area contributed by atoms with Gasteiger partial charge < -0.3 is 14.5 Å². The molecule has 1 aromatic heterocycles. The van der Waals surface area contributed by atoms with Gasteiger partial charge in [-0.25, -0.2) is 4.79 Å². The lowest BCUT2D eigenvalue weighted by atomic mass is 10.2. The average Bonchev–Trinajstić information content (AvgIpc) is 2.85. The monoisotopic (exact) mass is 307 g/mol. The lowest BCUT2D eigenvalue weighted by Gasteiger charge is -2.08. The molecule has 1 aromatic carbocycles. The lowest BCUT2D eigenvalue weighted by Crippen LogP contribution is -2.13. The first-order valence-corrected chi connectivity index (χ1v) is 6.71. The van der Waals surface area contributed by atoms with Crippen molar-refractivity contribution < 1.29 is 18.7 Å². The number of amides is 1.